The average Bonchev–Trinajstić information content (AvgIpc) is 2.89. The molecule has 1 heterocycles. The quantitative estimate of drug-likeness (QED) is 0.796. The van der Waals surface area contributed by atoms with Crippen LogP contribution in [0.25, 0.3) is 0 Å². The summed E-state index contributed by atoms with van der Waals surface area (Å²) < 4.78 is 0. The molecule has 0 saturated carbocycles. The van der Waals surface area contributed by atoms with Gasteiger partial charge in [0.05, 0.1) is 5.01 Å². The third-order valence-corrected chi connectivity index (χ3v) is 3.44. The molecule has 5 heteroatoms. The number of carbonyl (C=O) groups excluding carboxylic acids is 1. The summed E-state index contributed by atoms with van der Waals surface area (Å²) in [5, 5.41) is 9.29. The lowest BCUT2D eigenvalue weighted by Gasteiger charge is -2.06. The molecule has 1 aromatic heterocycles. The third-order valence-electron chi connectivity index (χ3n) is 2.60. The van der Waals surface area contributed by atoms with E-state index in [0.29, 0.717) is 0 Å². The van der Waals surface area contributed by atoms with Gasteiger partial charge in [-0.25, -0.2) is 4.98 Å². The SMILES string of the molecule is CC(=O)Nc1ccc(CNCCc2nccs2)cc1. The zero-order valence-corrected chi connectivity index (χ0v) is 11.7. The molecule has 0 aliphatic heterocycles. The number of rotatable bonds is 6. The number of aromatic nitrogens is 1. The van der Waals surface area contributed by atoms with Crippen molar-refractivity contribution in [3.05, 3.63) is 46.4 Å². The van der Waals surface area contributed by atoms with Crippen LogP contribution in [-0.4, -0.2) is 17.4 Å². The highest BCUT2D eigenvalue weighted by molar-refractivity contribution is 7.09. The van der Waals surface area contributed by atoms with E-state index in [4.69, 9.17) is 0 Å². The molecule has 2 rings (SSSR count). The van der Waals surface area contributed by atoms with Crippen LogP contribution in [0.1, 0.15) is 17.5 Å². The minimum Gasteiger partial charge on any atom is -0.326 e. The first-order valence-corrected chi connectivity index (χ1v) is 7.07. The van der Waals surface area contributed by atoms with Gasteiger partial charge in [0.1, 0.15) is 0 Å². The molecule has 0 bridgehead atoms. The molecule has 0 radical (unpaired) electrons. The van der Waals surface area contributed by atoms with Crippen LogP contribution in [0, 0.1) is 0 Å². The molecule has 0 fully saturated rings. The molecule has 0 aliphatic rings. The standard InChI is InChI=1S/C14H17N3OS/c1-11(18)17-13-4-2-12(3-5-13)10-15-7-6-14-16-8-9-19-14/h2-5,8-9,15H,6-7,10H2,1H3,(H,17,18). The summed E-state index contributed by atoms with van der Waals surface area (Å²) in [7, 11) is 0. The number of carbonyl (C=O) groups is 1. The van der Waals surface area contributed by atoms with Gasteiger partial charge in [0.15, 0.2) is 0 Å². The number of hydrogen-bond acceptors (Lipinski definition) is 4. The predicted molar refractivity (Wildman–Crippen MR) is 78.3 cm³/mol. The van der Waals surface area contributed by atoms with Gasteiger partial charge in [-0.1, -0.05) is 12.1 Å². The molecule has 19 heavy (non-hydrogen) atoms. The van der Waals surface area contributed by atoms with Crippen molar-refractivity contribution in [2.45, 2.75) is 19.9 Å². The van der Waals surface area contributed by atoms with Crippen LogP contribution in [0.3, 0.4) is 0 Å². The first kappa shape index (κ1) is 13.7. The fraction of sp³-hybridized carbons (Fsp3) is 0.286. The van der Waals surface area contributed by atoms with Crippen LogP contribution in [0.5, 0.6) is 0 Å². The van der Waals surface area contributed by atoms with Crippen molar-refractivity contribution in [1.82, 2.24) is 10.3 Å². The summed E-state index contributed by atoms with van der Waals surface area (Å²) in [5.74, 6) is -0.0469. The van der Waals surface area contributed by atoms with Crippen molar-refractivity contribution < 1.29 is 4.79 Å². The Morgan fingerprint density at radius 3 is 2.74 bits per heavy atom. The summed E-state index contributed by atoms with van der Waals surface area (Å²) in [4.78, 5) is 15.1. The monoisotopic (exact) mass is 275 g/mol. The van der Waals surface area contributed by atoms with Crippen LogP contribution in [0.4, 0.5) is 5.69 Å². The molecule has 1 aromatic carbocycles. The second-order valence-electron chi connectivity index (χ2n) is 4.23. The first-order chi connectivity index (χ1) is 9.24. The van der Waals surface area contributed by atoms with Crippen LogP contribution < -0.4 is 10.6 Å². The molecule has 0 saturated heterocycles. The fourth-order valence-corrected chi connectivity index (χ4v) is 2.33. The predicted octanol–water partition coefficient (Wildman–Crippen LogP) is 2.43. The number of anilines is 1. The van der Waals surface area contributed by atoms with Gasteiger partial charge in [-0.05, 0) is 17.7 Å². The van der Waals surface area contributed by atoms with Gasteiger partial charge in [0.2, 0.25) is 5.91 Å². The molecule has 0 atom stereocenters. The molecule has 0 aliphatic carbocycles. The Kier molecular flexibility index (Phi) is 5.06. The number of amides is 1. The van der Waals surface area contributed by atoms with Crippen molar-refractivity contribution >= 4 is 22.9 Å². The number of hydrogen-bond donors (Lipinski definition) is 2. The van der Waals surface area contributed by atoms with Gasteiger partial charge in [0, 0.05) is 43.7 Å². The highest BCUT2D eigenvalue weighted by atomic mass is 32.1. The lowest BCUT2D eigenvalue weighted by Crippen LogP contribution is -2.16. The minimum atomic E-state index is -0.0469. The maximum absolute atomic E-state index is 10.9. The molecule has 4 nitrogen and oxygen atoms in total. The molecule has 0 spiro atoms. The van der Waals surface area contributed by atoms with Crippen molar-refractivity contribution in [1.29, 1.82) is 0 Å². The van der Waals surface area contributed by atoms with Crippen molar-refractivity contribution in [2.75, 3.05) is 11.9 Å². The number of nitrogens with zero attached hydrogens (tertiary/aromatic N) is 1. The number of thiazole rings is 1. The highest BCUT2D eigenvalue weighted by Crippen LogP contribution is 2.09. The van der Waals surface area contributed by atoms with E-state index in [1.54, 1.807) is 11.3 Å². The van der Waals surface area contributed by atoms with Crippen molar-refractivity contribution in [2.24, 2.45) is 0 Å². The zero-order valence-electron chi connectivity index (χ0n) is 10.8. The van der Waals surface area contributed by atoms with Gasteiger partial charge in [-0.2, -0.15) is 0 Å². The van der Waals surface area contributed by atoms with Crippen LogP contribution >= 0.6 is 11.3 Å². The Balaban J connectivity index is 1.72. The summed E-state index contributed by atoms with van der Waals surface area (Å²) in [6.07, 6.45) is 2.79. The maximum Gasteiger partial charge on any atom is 0.221 e. The lowest BCUT2D eigenvalue weighted by atomic mass is 10.2. The maximum atomic E-state index is 10.9. The second-order valence-corrected chi connectivity index (χ2v) is 5.21. The molecular formula is C14H17N3OS. The summed E-state index contributed by atoms with van der Waals surface area (Å²) in [6, 6.07) is 7.86. The molecule has 1 amide bonds. The Labute approximate surface area is 116 Å². The molecule has 2 N–H and O–H groups in total. The molecule has 100 valence electrons. The second kappa shape index (κ2) is 7.01. The lowest BCUT2D eigenvalue weighted by molar-refractivity contribution is -0.114. The molecule has 2 aromatic rings. The third kappa shape index (κ3) is 4.81. The Bertz CT molecular complexity index is 508. The smallest absolute Gasteiger partial charge is 0.221 e. The van der Waals surface area contributed by atoms with Crippen molar-refractivity contribution in [3.8, 4) is 0 Å². The van der Waals surface area contributed by atoms with Crippen molar-refractivity contribution in [3.63, 3.8) is 0 Å². The average molecular weight is 275 g/mol. The van der Waals surface area contributed by atoms with Gasteiger partial charge >= 0.3 is 0 Å². The van der Waals surface area contributed by atoms with E-state index in [9.17, 15) is 4.79 Å². The van der Waals surface area contributed by atoms with E-state index in [1.165, 1.54) is 12.5 Å². The van der Waals surface area contributed by atoms with E-state index in [0.717, 1.165) is 30.2 Å². The Hall–Kier alpha value is -1.72. The highest BCUT2D eigenvalue weighted by Gasteiger charge is 1.98. The van der Waals surface area contributed by atoms with Gasteiger partial charge in [-0.3, -0.25) is 4.79 Å². The first-order valence-electron chi connectivity index (χ1n) is 6.19. The van der Waals surface area contributed by atoms with Gasteiger partial charge in [-0.15, -0.1) is 11.3 Å². The minimum absolute atomic E-state index is 0.0469. The summed E-state index contributed by atoms with van der Waals surface area (Å²) >= 11 is 1.69. The van der Waals surface area contributed by atoms with Crippen LogP contribution in [0.15, 0.2) is 35.8 Å². The van der Waals surface area contributed by atoms with E-state index < -0.39 is 0 Å². The van der Waals surface area contributed by atoms with Gasteiger partial charge in [0.25, 0.3) is 0 Å². The zero-order chi connectivity index (χ0) is 13.5. The van der Waals surface area contributed by atoms with Crippen LogP contribution in [-0.2, 0) is 17.8 Å². The molecule has 0 unspecified atom stereocenters. The number of nitrogens with one attached hydrogen (secondary N) is 2. The van der Waals surface area contributed by atoms with E-state index >= 15 is 0 Å². The topological polar surface area (TPSA) is 54.0 Å². The molecular weight excluding hydrogens is 258 g/mol. The normalized spacial score (nSPS) is 10.4. The Morgan fingerprint density at radius 2 is 2.11 bits per heavy atom. The Morgan fingerprint density at radius 1 is 1.32 bits per heavy atom. The van der Waals surface area contributed by atoms with Crippen LogP contribution in [0.2, 0.25) is 0 Å². The fourth-order valence-electron chi connectivity index (χ4n) is 1.71. The largest absolute Gasteiger partial charge is 0.326 e. The van der Waals surface area contributed by atoms with Gasteiger partial charge < -0.3 is 10.6 Å². The van der Waals surface area contributed by atoms with E-state index in [-0.39, 0.29) is 5.91 Å². The summed E-state index contributed by atoms with van der Waals surface area (Å²) in [5.41, 5.74) is 2.03. The number of benzene rings is 1. The van der Waals surface area contributed by atoms with E-state index in [2.05, 4.69) is 15.6 Å². The summed E-state index contributed by atoms with van der Waals surface area (Å²) in [6.45, 7) is 3.25. The van der Waals surface area contributed by atoms with E-state index in [1.807, 2.05) is 35.8 Å².